The monoisotopic (exact) mass is 307 g/mol. The van der Waals surface area contributed by atoms with Gasteiger partial charge in [0.05, 0.1) is 17.1 Å². The van der Waals surface area contributed by atoms with Crippen molar-refractivity contribution in [1.82, 2.24) is 9.55 Å². The van der Waals surface area contributed by atoms with Gasteiger partial charge in [-0.25, -0.2) is 14.4 Å². The number of benzene rings is 2. The molecule has 0 saturated heterocycles. The van der Waals surface area contributed by atoms with Gasteiger partial charge in [-0.2, -0.15) is 0 Å². The molecule has 2 heterocycles. The lowest BCUT2D eigenvalue weighted by Gasteiger charge is -2.11. The van der Waals surface area contributed by atoms with Crippen LogP contribution in [0.4, 0.5) is 4.39 Å². The normalized spacial score (nSPS) is 16.3. The van der Waals surface area contributed by atoms with Crippen LogP contribution < -0.4 is 0 Å². The first kappa shape index (κ1) is 13.8. The van der Waals surface area contributed by atoms with Crippen molar-refractivity contribution in [2.45, 2.75) is 13.2 Å². The number of hydrogen-bond donors (Lipinski definition) is 1. The highest BCUT2D eigenvalue weighted by molar-refractivity contribution is 6.15. The number of aromatic nitrogens is 2. The Hall–Kier alpha value is -2.79. The molecule has 0 amide bonds. The summed E-state index contributed by atoms with van der Waals surface area (Å²) in [7, 11) is 0. The summed E-state index contributed by atoms with van der Waals surface area (Å²) >= 11 is 0. The van der Waals surface area contributed by atoms with E-state index in [1.54, 1.807) is 10.6 Å². The van der Waals surface area contributed by atoms with E-state index in [0.29, 0.717) is 17.1 Å². The minimum absolute atomic E-state index is 0.345. The number of aliphatic hydroxyl groups is 1. The fourth-order valence-electron chi connectivity index (χ4n) is 2.88. The van der Waals surface area contributed by atoms with Crippen molar-refractivity contribution in [3.63, 3.8) is 0 Å². The second-order valence-corrected chi connectivity index (χ2v) is 5.49. The van der Waals surface area contributed by atoms with Crippen LogP contribution in [0.2, 0.25) is 0 Å². The van der Waals surface area contributed by atoms with Crippen LogP contribution in [-0.2, 0) is 0 Å². The quantitative estimate of drug-likeness (QED) is 0.751. The summed E-state index contributed by atoms with van der Waals surface area (Å²) in [6.07, 6.45) is 0.716. The second kappa shape index (κ2) is 5.14. The lowest BCUT2D eigenvalue weighted by Crippen LogP contribution is -2.07. The Labute approximate surface area is 132 Å². The number of aliphatic imine (C=N–C) groups is 1. The van der Waals surface area contributed by atoms with E-state index >= 15 is 0 Å². The summed E-state index contributed by atoms with van der Waals surface area (Å²) in [4.78, 5) is 8.76. The summed E-state index contributed by atoms with van der Waals surface area (Å²) in [5, 5.41) is 10.5. The number of imidazole rings is 1. The van der Waals surface area contributed by atoms with Crippen LogP contribution in [0.5, 0.6) is 0 Å². The third kappa shape index (κ3) is 2.26. The summed E-state index contributed by atoms with van der Waals surface area (Å²) in [6.45, 7) is 1.85. The first-order valence-electron chi connectivity index (χ1n) is 7.31. The van der Waals surface area contributed by atoms with Gasteiger partial charge in [0.15, 0.2) is 5.82 Å². The van der Waals surface area contributed by atoms with Gasteiger partial charge in [0.1, 0.15) is 5.82 Å². The Kier molecular flexibility index (Phi) is 3.09. The molecule has 1 N–H and O–H groups in total. The number of nitrogens with zero attached hydrogens (tertiary/aromatic N) is 3. The van der Waals surface area contributed by atoms with Gasteiger partial charge in [0.25, 0.3) is 0 Å². The molecule has 1 aliphatic heterocycles. The summed E-state index contributed by atoms with van der Waals surface area (Å²) in [5.41, 5.74) is 3.52. The van der Waals surface area contributed by atoms with Crippen LogP contribution in [0.25, 0.3) is 5.69 Å². The van der Waals surface area contributed by atoms with Crippen LogP contribution >= 0.6 is 0 Å². The molecule has 0 spiro atoms. The number of aliphatic hydroxyl groups excluding tert-OH is 1. The van der Waals surface area contributed by atoms with Crippen LogP contribution in [0.3, 0.4) is 0 Å². The van der Waals surface area contributed by atoms with Crippen LogP contribution in [0, 0.1) is 12.7 Å². The first-order valence-corrected chi connectivity index (χ1v) is 7.31. The minimum atomic E-state index is -1.10. The number of hydrogen-bond acceptors (Lipinski definition) is 3. The highest BCUT2D eigenvalue weighted by Gasteiger charge is 2.25. The summed E-state index contributed by atoms with van der Waals surface area (Å²) in [5.74, 6) is 0.0865. The lowest BCUT2D eigenvalue weighted by molar-refractivity contribution is 0.177. The maximum Gasteiger partial charge on any atom is 0.205 e. The van der Waals surface area contributed by atoms with Crippen molar-refractivity contribution >= 4 is 5.71 Å². The maximum absolute atomic E-state index is 13.9. The molecule has 23 heavy (non-hydrogen) atoms. The molecule has 5 heteroatoms. The van der Waals surface area contributed by atoms with E-state index in [2.05, 4.69) is 9.98 Å². The molecule has 2 aromatic carbocycles. The molecule has 0 saturated carbocycles. The molecule has 1 aromatic heterocycles. The minimum Gasteiger partial charge on any atom is -0.365 e. The van der Waals surface area contributed by atoms with E-state index in [0.717, 1.165) is 16.9 Å². The molecule has 0 fully saturated rings. The average Bonchev–Trinajstić information content (AvgIpc) is 2.90. The number of aryl methyl sites for hydroxylation is 1. The predicted octanol–water partition coefficient (Wildman–Crippen LogP) is 3.16. The SMILES string of the molecule is Cc1cn2c(n1)C(O)N=C(c1ccccc1)c1cc(F)ccc1-2. The smallest absolute Gasteiger partial charge is 0.205 e. The van der Waals surface area contributed by atoms with E-state index in [1.807, 2.05) is 43.5 Å². The Morgan fingerprint density at radius 3 is 2.70 bits per heavy atom. The van der Waals surface area contributed by atoms with Crippen LogP contribution in [-0.4, -0.2) is 20.4 Å². The lowest BCUT2D eigenvalue weighted by atomic mass is 10.0. The van der Waals surface area contributed by atoms with Crippen LogP contribution in [0.1, 0.15) is 28.9 Å². The van der Waals surface area contributed by atoms with E-state index < -0.39 is 6.23 Å². The zero-order chi connectivity index (χ0) is 16.0. The van der Waals surface area contributed by atoms with Gasteiger partial charge in [-0.3, -0.25) is 4.57 Å². The second-order valence-electron chi connectivity index (χ2n) is 5.49. The standard InChI is InChI=1S/C18H14FN3O/c1-11-10-22-15-8-7-13(19)9-14(15)16(12-5-3-2-4-6-12)21-18(23)17(22)20-11/h2-10,18,23H,1H3. The Balaban J connectivity index is 2.04. The van der Waals surface area contributed by atoms with Gasteiger partial charge in [0, 0.05) is 17.3 Å². The molecular weight excluding hydrogens is 293 g/mol. The van der Waals surface area contributed by atoms with Crippen molar-refractivity contribution in [1.29, 1.82) is 0 Å². The van der Waals surface area contributed by atoms with Gasteiger partial charge in [-0.15, -0.1) is 0 Å². The molecule has 114 valence electrons. The van der Waals surface area contributed by atoms with Gasteiger partial charge in [-0.1, -0.05) is 30.3 Å². The van der Waals surface area contributed by atoms with Gasteiger partial charge in [-0.05, 0) is 25.1 Å². The zero-order valence-electron chi connectivity index (χ0n) is 12.4. The molecule has 1 aliphatic rings. The fraction of sp³-hybridized carbons (Fsp3) is 0.111. The van der Waals surface area contributed by atoms with E-state index in [1.165, 1.54) is 12.1 Å². The number of rotatable bonds is 1. The fourth-order valence-corrected chi connectivity index (χ4v) is 2.88. The van der Waals surface area contributed by atoms with Crippen molar-refractivity contribution < 1.29 is 9.50 Å². The summed E-state index contributed by atoms with van der Waals surface area (Å²) in [6, 6.07) is 14.0. The van der Waals surface area contributed by atoms with Crippen molar-refractivity contribution in [2.75, 3.05) is 0 Å². The van der Waals surface area contributed by atoms with Gasteiger partial charge in [0.2, 0.25) is 6.23 Å². The zero-order valence-corrected chi connectivity index (χ0v) is 12.4. The highest BCUT2D eigenvalue weighted by atomic mass is 19.1. The Bertz CT molecular complexity index is 915. The Morgan fingerprint density at radius 1 is 1.13 bits per heavy atom. The molecule has 4 nitrogen and oxygen atoms in total. The van der Waals surface area contributed by atoms with Crippen LogP contribution in [0.15, 0.2) is 59.7 Å². The third-order valence-electron chi connectivity index (χ3n) is 3.86. The van der Waals surface area contributed by atoms with Crippen molar-refractivity contribution in [3.8, 4) is 5.69 Å². The molecular formula is C18H14FN3O. The van der Waals surface area contributed by atoms with Crippen molar-refractivity contribution in [3.05, 3.63) is 83.2 Å². The van der Waals surface area contributed by atoms with E-state index in [-0.39, 0.29) is 5.82 Å². The average molecular weight is 307 g/mol. The van der Waals surface area contributed by atoms with Gasteiger partial charge < -0.3 is 5.11 Å². The highest BCUT2D eigenvalue weighted by Crippen LogP contribution is 2.29. The van der Waals surface area contributed by atoms with E-state index in [4.69, 9.17) is 0 Å². The topological polar surface area (TPSA) is 50.4 Å². The van der Waals surface area contributed by atoms with Crippen molar-refractivity contribution in [2.24, 2.45) is 4.99 Å². The molecule has 0 aliphatic carbocycles. The third-order valence-corrected chi connectivity index (χ3v) is 3.86. The molecule has 3 aromatic rings. The first-order chi connectivity index (χ1) is 11.1. The number of fused-ring (bicyclic) bond motifs is 3. The van der Waals surface area contributed by atoms with Gasteiger partial charge >= 0.3 is 0 Å². The molecule has 0 bridgehead atoms. The molecule has 1 unspecified atom stereocenters. The molecule has 1 atom stereocenters. The summed E-state index contributed by atoms with van der Waals surface area (Å²) < 4.78 is 15.6. The predicted molar refractivity (Wildman–Crippen MR) is 85.3 cm³/mol. The Morgan fingerprint density at radius 2 is 1.91 bits per heavy atom. The van der Waals surface area contributed by atoms with E-state index in [9.17, 15) is 9.50 Å². The number of halogens is 1. The molecule has 4 rings (SSSR count). The largest absolute Gasteiger partial charge is 0.365 e. The maximum atomic E-state index is 13.9. The molecule has 0 radical (unpaired) electrons.